The summed E-state index contributed by atoms with van der Waals surface area (Å²) in [5.41, 5.74) is 3.59. The first kappa shape index (κ1) is 17.5. The molecular weight excluding hydrogens is 356 g/mol. The van der Waals surface area contributed by atoms with E-state index in [1.54, 1.807) is 31.6 Å². The summed E-state index contributed by atoms with van der Waals surface area (Å²) in [5, 5.41) is 3.42. The first-order valence-electron chi connectivity index (χ1n) is 8.62. The van der Waals surface area contributed by atoms with Crippen molar-refractivity contribution < 1.29 is 14.3 Å². The fourth-order valence-electron chi connectivity index (χ4n) is 2.99. The topological polar surface area (TPSA) is 77.8 Å². The third-order valence-electron chi connectivity index (χ3n) is 4.37. The Bertz CT molecular complexity index is 1140. The van der Waals surface area contributed by atoms with Gasteiger partial charge in [-0.25, -0.2) is 9.78 Å². The first-order valence-corrected chi connectivity index (χ1v) is 8.62. The highest BCUT2D eigenvalue weighted by Gasteiger charge is 2.16. The number of carbonyl (C=O) groups is 1. The number of anilines is 2. The number of fused-ring (bicyclic) bond motifs is 1. The van der Waals surface area contributed by atoms with E-state index in [0.717, 1.165) is 28.5 Å². The number of imidazole rings is 1. The Morgan fingerprint density at radius 3 is 2.61 bits per heavy atom. The van der Waals surface area contributed by atoms with Crippen LogP contribution in [0.2, 0.25) is 0 Å². The summed E-state index contributed by atoms with van der Waals surface area (Å²) in [6.07, 6.45) is 5.23. The van der Waals surface area contributed by atoms with Crippen LogP contribution in [0.25, 0.3) is 16.9 Å². The number of rotatable bonds is 5. The Labute approximate surface area is 161 Å². The molecule has 1 N–H and O–H groups in total. The van der Waals surface area contributed by atoms with E-state index in [4.69, 9.17) is 14.5 Å². The van der Waals surface area contributed by atoms with Crippen LogP contribution in [0.1, 0.15) is 10.4 Å². The highest BCUT2D eigenvalue weighted by atomic mass is 16.5. The number of carbonyl (C=O) groups excluding carboxylic acids is 1. The number of ether oxygens (including phenoxy) is 2. The van der Waals surface area contributed by atoms with E-state index in [9.17, 15) is 4.79 Å². The van der Waals surface area contributed by atoms with Gasteiger partial charge in [0.25, 0.3) is 0 Å². The number of hydrogen-bond donors (Lipinski definition) is 1. The van der Waals surface area contributed by atoms with Gasteiger partial charge in [-0.15, -0.1) is 0 Å². The zero-order valence-electron chi connectivity index (χ0n) is 15.4. The molecule has 2 aromatic heterocycles. The monoisotopic (exact) mass is 374 g/mol. The van der Waals surface area contributed by atoms with Crippen molar-refractivity contribution in [1.82, 2.24) is 14.4 Å². The van der Waals surface area contributed by atoms with Gasteiger partial charge in [-0.2, -0.15) is 0 Å². The maximum atomic E-state index is 11.7. The molecular formula is C21H18N4O3. The van der Waals surface area contributed by atoms with E-state index in [-0.39, 0.29) is 5.97 Å². The summed E-state index contributed by atoms with van der Waals surface area (Å²) in [4.78, 5) is 20.6. The number of nitrogens with one attached hydrogen (secondary N) is 1. The van der Waals surface area contributed by atoms with Gasteiger partial charge in [-0.3, -0.25) is 9.38 Å². The Morgan fingerprint density at radius 1 is 1.07 bits per heavy atom. The van der Waals surface area contributed by atoms with Crippen LogP contribution in [0.4, 0.5) is 11.5 Å². The summed E-state index contributed by atoms with van der Waals surface area (Å²) in [6, 6.07) is 14.8. The van der Waals surface area contributed by atoms with Crippen LogP contribution in [-0.2, 0) is 4.74 Å². The van der Waals surface area contributed by atoms with Crippen LogP contribution in [0.5, 0.6) is 5.75 Å². The van der Waals surface area contributed by atoms with Crippen LogP contribution in [0, 0.1) is 0 Å². The molecule has 2 heterocycles. The molecule has 0 unspecified atom stereocenters. The molecule has 0 radical (unpaired) electrons. The molecule has 28 heavy (non-hydrogen) atoms. The highest BCUT2D eigenvalue weighted by molar-refractivity contribution is 5.90. The van der Waals surface area contributed by atoms with Crippen molar-refractivity contribution in [1.29, 1.82) is 0 Å². The molecule has 0 saturated heterocycles. The van der Waals surface area contributed by atoms with Crippen LogP contribution in [0.3, 0.4) is 0 Å². The van der Waals surface area contributed by atoms with Crippen molar-refractivity contribution >= 4 is 23.1 Å². The lowest BCUT2D eigenvalue weighted by atomic mass is 10.1. The van der Waals surface area contributed by atoms with Crippen molar-refractivity contribution in [3.63, 3.8) is 0 Å². The smallest absolute Gasteiger partial charge is 0.337 e. The number of para-hydroxylation sites is 2. The van der Waals surface area contributed by atoms with Gasteiger partial charge in [0.2, 0.25) is 0 Å². The van der Waals surface area contributed by atoms with Gasteiger partial charge in [0.15, 0.2) is 5.65 Å². The molecule has 7 nitrogen and oxygen atoms in total. The summed E-state index contributed by atoms with van der Waals surface area (Å²) < 4.78 is 12.1. The van der Waals surface area contributed by atoms with E-state index in [0.29, 0.717) is 11.2 Å². The molecule has 140 valence electrons. The normalized spacial score (nSPS) is 10.6. The lowest BCUT2D eigenvalue weighted by Crippen LogP contribution is -2.01. The lowest BCUT2D eigenvalue weighted by Gasteiger charge is -2.12. The largest absolute Gasteiger partial charge is 0.495 e. The minimum atomic E-state index is -0.377. The van der Waals surface area contributed by atoms with Crippen LogP contribution < -0.4 is 10.1 Å². The SMILES string of the molecule is COC(=O)c1ccc(-c2nc3cnccn3c2Nc2ccccc2OC)cc1. The number of benzene rings is 2. The number of aromatic nitrogens is 3. The van der Waals surface area contributed by atoms with Crippen LogP contribution >= 0.6 is 0 Å². The molecule has 0 aliphatic heterocycles. The molecule has 4 rings (SSSR count). The molecule has 0 atom stereocenters. The van der Waals surface area contributed by atoms with Gasteiger partial charge in [0.1, 0.15) is 17.3 Å². The standard InChI is InChI=1S/C21H18N4O3/c1-27-17-6-4-3-5-16(17)23-20-19(24-18-13-22-11-12-25(18)20)14-7-9-15(10-8-14)21(26)28-2/h3-13,23H,1-2H3. The molecule has 0 bridgehead atoms. The molecule has 0 amide bonds. The quantitative estimate of drug-likeness (QED) is 0.533. The van der Waals surface area contributed by atoms with Gasteiger partial charge < -0.3 is 14.8 Å². The molecule has 0 aliphatic carbocycles. The minimum absolute atomic E-state index is 0.377. The van der Waals surface area contributed by atoms with E-state index in [2.05, 4.69) is 10.3 Å². The molecule has 0 saturated carbocycles. The third-order valence-corrected chi connectivity index (χ3v) is 4.37. The van der Waals surface area contributed by atoms with Crippen molar-refractivity contribution in [2.24, 2.45) is 0 Å². The van der Waals surface area contributed by atoms with Crippen molar-refractivity contribution in [2.45, 2.75) is 0 Å². The fourth-order valence-corrected chi connectivity index (χ4v) is 2.99. The maximum absolute atomic E-state index is 11.7. The molecule has 4 aromatic rings. The summed E-state index contributed by atoms with van der Waals surface area (Å²) in [5.74, 6) is 1.12. The van der Waals surface area contributed by atoms with Gasteiger partial charge in [0.05, 0.1) is 31.7 Å². The van der Waals surface area contributed by atoms with E-state index in [1.165, 1.54) is 7.11 Å². The number of esters is 1. The Morgan fingerprint density at radius 2 is 1.86 bits per heavy atom. The second-order valence-corrected chi connectivity index (χ2v) is 6.01. The predicted molar refractivity (Wildman–Crippen MR) is 106 cm³/mol. The second-order valence-electron chi connectivity index (χ2n) is 6.01. The zero-order chi connectivity index (χ0) is 19.5. The first-order chi connectivity index (χ1) is 13.7. The summed E-state index contributed by atoms with van der Waals surface area (Å²) in [7, 11) is 2.99. The Balaban J connectivity index is 1.82. The fraction of sp³-hybridized carbons (Fsp3) is 0.0952. The average molecular weight is 374 g/mol. The van der Waals surface area contributed by atoms with Gasteiger partial charge in [-0.1, -0.05) is 24.3 Å². The lowest BCUT2D eigenvalue weighted by molar-refractivity contribution is 0.0601. The van der Waals surface area contributed by atoms with Gasteiger partial charge in [0, 0.05) is 18.0 Å². The summed E-state index contributed by atoms with van der Waals surface area (Å²) >= 11 is 0. The van der Waals surface area contributed by atoms with Crippen LogP contribution in [0.15, 0.2) is 67.1 Å². The molecule has 0 aliphatic rings. The maximum Gasteiger partial charge on any atom is 0.337 e. The number of methoxy groups -OCH3 is 2. The van der Waals surface area contributed by atoms with E-state index >= 15 is 0 Å². The van der Waals surface area contributed by atoms with E-state index in [1.807, 2.05) is 47.0 Å². The van der Waals surface area contributed by atoms with Crippen molar-refractivity contribution in [2.75, 3.05) is 19.5 Å². The zero-order valence-corrected chi connectivity index (χ0v) is 15.4. The predicted octanol–water partition coefficient (Wildman–Crippen LogP) is 3.94. The van der Waals surface area contributed by atoms with Crippen molar-refractivity contribution in [3.8, 4) is 17.0 Å². The Kier molecular flexibility index (Phi) is 4.63. The van der Waals surface area contributed by atoms with Crippen molar-refractivity contribution in [3.05, 3.63) is 72.7 Å². The van der Waals surface area contributed by atoms with Gasteiger partial charge >= 0.3 is 5.97 Å². The molecule has 2 aromatic carbocycles. The Hall–Kier alpha value is -3.87. The third kappa shape index (κ3) is 3.14. The second kappa shape index (κ2) is 7.40. The van der Waals surface area contributed by atoms with E-state index < -0.39 is 0 Å². The number of hydrogen-bond acceptors (Lipinski definition) is 6. The van der Waals surface area contributed by atoms with Gasteiger partial charge in [-0.05, 0) is 24.3 Å². The highest BCUT2D eigenvalue weighted by Crippen LogP contribution is 2.34. The minimum Gasteiger partial charge on any atom is -0.495 e. The average Bonchev–Trinajstić information content (AvgIpc) is 3.12. The van der Waals surface area contributed by atoms with Crippen LogP contribution in [-0.4, -0.2) is 34.6 Å². The molecule has 0 spiro atoms. The molecule has 0 fully saturated rings. The number of nitrogens with zero attached hydrogens (tertiary/aromatic N) is 3. The molecule has 7 heteroatoms. The summed E-state index contributed by atoms with van der Waals surface area (Å²) in [6.45, 7) is 0.